The van der Waals surface area contributed by atoms with E-state index in [0.29, 0.717) is 12.8 Å². The summed E-state index contributed by atoms with van der Waals surface area (Å²) in [5, 5.41) is 12.1. The summed E-state index contributed by atoms with van der Waals surface area (Å²) >= 11 is 6.52. The molecule has 2 saturated heterocycles. The number of nitrogens with zero attached hydrogens (tertiary/aromatic N) is 4. The van der Waals surface area contributed by atoms with Gasteiger partial charge in [-0.15, -0.1) is 5.06 Å². The van der Waals surface area contributed by atoms with Gasteiger partial charge < -0.3 is 24.7 Å². The number of sulfone groups is 1. The van der Waals surface area contributed by atoms with E-state index < -0.39 is 44.3 Å². The van der Waals surface area contributed by atoms with Crippen LogP contribution in [0.4, 0.5) is 10.5 Å². The molecule has 2 atom stereocenters. The van der Waals surface area contributed by atoms with Gasteiger partial charge in [0.1, 0.15) is 17.2 Å². The number of hydrogen-bond acceptors (Lipinski definition) is 10. The fraction of sp³-hybridized carbons (Fsp3) is 0.654. The molecule has 214 valence electrons. The predicted octanol–water partition coefficient (Wildman–Crippen LogP) is 2.74. The zero-order chi connectivity index (χ0) is 28.6. The minimum absolute atomic E-state index is 0.0425. The summed E-state index contributed by atoms with van der Waals surface area (Å²) in [6.45, 7) is 11.3. The van der Waals surface area contributed by atoms with E-state index in [9.17, 15) is 23.3 Å². The number of piperazine rings is 1. The SMILES string of the molecule is CCN1CCN(c2ccc(S(=O)(=O)[C@@H]3C[C@@H](C(=O)NC4(C#N)CC4)N(OC(=O)OC(C)(C)C)C3)c(Cl)c2)CC1. The summed E-state index contributed by atoms with van der Waals surface area (Å²) in [5.74, 6) is -0.581. The molecule has 0 unspecified atom stereocenters. The number of carbonyl (C=O) groups excluding carboxylic acids is 2. The van der Waals surface area contributed by atoms with Gasteiger partial charge in [-0.2, -0.15) is 5.26 Å². The van der Waals surface area contributed by atoms with Gasteiger partial charge in [0.25, 0.3) is 0 Å². The van der Waals surface area contributed by atoms with Crippen LogP contribution < -0.4 is 10.2 Å². The fourth-order valence-corrected chi connectivity index (χ4v) is 7.05. The number of rotatable bonds is 7. The van der Waals surface area contributed by atoms with Crippen LogP contribution in [0.25, 0.3) is 0 Å². The average molecular weight is 582 g/mol. The standard InChI is InChI=1S/C26H36ClN5O6S/c1-5-30-10-12-31(13-11-30)18-6-7-22(20(27)14-18)39(35,36)19-15-21(23(33)29-26(17-28)8-9-26)32(16-19)38-24(34)37-25(2,3)4/h6-7,14,19,21H,5,8-13,15-16H2,1-4H3,(H,29,33)/t19-,21+/m1/s1. The lowest BCUT2D eigenvalue weighted by Gasteiger charge is -2.35. The quantitative estimate of drug-likeness (QED) is 0.479. The van der Waals surface area contributed by atoms with Crippen LogP contribution in [0, 0.1) is 11.3 Å². The first-order chi connectivity index (χ1) is 18.3. The molecular formula is C26H36ClN5O6S. The Kier molecular flexibility index (Phi) is 8.38. The molecule has 2 aliphatic heterocycles. The number of hydroxylamine groups is 2. The fourth-order valence-electron chi connectivity index (χ4n) is 4.82. The lowest BCUT2D eigenvalue weighted by Crippen LogP contribution is -2.48. The first-order valence-electron chi connectivity index (χ1n) is 13.2. The second-order valence-corrected chi connectivity index (χ2v) is 13.9. The maximum Gasteiger partial charge on any atom is 0.528 e. The van der Waals surface area contributed by atoms with E-state index in [-0.39, 0.29) is 22.9 Å². The van der Waals surface area contributed by atoms with Gasteiger partial charge in [-0.1, -0.05) is 18.5 Å². The van der Waals surface area contributed by atoms with Crippen LogP contribution in [0.1, 0.15) is 47.0 Å². The summed E-state index contributed by atoms with van der Waals surface area (Å²) in [4.78, 5) is 35.3. The summed E-state index contributed by atoms with van der Waals surface area (Å²) in [6, 6.07) is 5.88. The van der Waals surface area contributed by atoms with Crippen molar-refractivity contribution in [3.05, 3.63) is 23.2 Å². The Bertz CT molecular complexity index is 1250. The zero-order valence-electron chi connectivity index (χ0n) is 22.8. The highest BCUT2D eigenvalue weighted by atomic mass is 35.5. The molecule has 3 fully saturated rings. The number of nitriles is 1. The van der Waals surface area contributed by atoms with Crippen molar-refractivity contribution in [3.63, 3.8) is 0 Å². The molecule has 0 aromatic heterocycles. The number of ether oxygens (including phenoxy) is 1. The Hall–Kier alpha value is -2.59. The third-order valence-electron chi connectivity index (χ3n) is 7.27. The van der Waals surface area contributed by atoms with E-state index >= 15 is 0 Å². The number of halogens is 1. The van der Waals surface area contributed by atoms with Crippen molar-refractivity contribution in [2.45, 2.75) is 74.3 Å². The van der Waals surface area contributed by atoms with Crippen molar-refractivity contribution in [2.24, 2.45) is 0 Å². The lowest BCUT2D eigenvalue weighted by molar-refractivity contribution is -0.162. The van der Waals surface area contributed by atoms with Crippen LogP contribution in [-0.2, 0) is 24.2 Å². The van der Waals surface area contributed by atoms with Gasteiger partial charge in [-0.05, 0) is 64.8 Å². The number of anilines is 1. The Balaban J connectivity index is 1.53. The number of hydrogen-bond donors (Lipinski definition) is 1. The van der Waals surface area contributed by atoms with E-state index in [1.165, 1.54) is 6.07 Å². The van der Waals surface area contributed by atoms with E-state index in [2.05, 4.69) is 28.1 Å². The van der Waals surface area contributed by atoms with Gasteiger partial charge in [0.15, 0.2) is 9.84 Å². The van der Waals surface area contributed by atoms with Crippen molar-refractivity contribution in [1.29, 1.82) is 5.26 Å². The van der Waals surface area contributed by atoms with Gasteiger partial charge in [0, 0.05) is 31.9 Å². The highest BCUT2D eigenvalue weighted by Gasteiger charge is 2.51. The molecule has 13 heteroatoms. The summed E-state index contributed by atoms with van der Waals surface area (Å²) in [6.07, 6.45) is -0.182. The van der Waals surface area contributed by atoms with Crippen LogP contribution in [-0.4, -0.2) is 92.1 Å². The molecule has 4 rings (SSSR count). The van der Waals surface area contributed by atoms with E-state index in [1.54, 1.807) is 32.9 Å². The number of nitrogens with one attached hydrogen (secondary N) is 1. The Morgan fingerprint density at radius 2 is 1.87 bits per heavy atom. The van der Waals surface area contributed by atoms with Crippen molar-refractivity contribution in [1.82, 2.24) is 15.3 Å². The van der Waals surface area contributed by atoms with Crippen LogP contribution >= 0.6 is 11.6 Å². The average Bonchev–Trinajstić information content (AvgIpc) is 3.51. The molecule has 2 heterocycles. The molecular weight excluding hydrogens is 546 g/mol. The predicted molar refractivity (Wildman–Crippen MR) is 145 cm³/mol. The minimum atomic E-state index is -4.01. The topological polar surface area (TPSA) is 132 Å². The number of amides is 1. The van der Waals surface area contributed by atoms with Crippen LogP contribution in [0.3, 0.4) is 0 Å². The van der Waals surface area contributed by atoms with Crippen molar-refractivity contribution in [3.8, 4) is 6.07 Å². The highest BCUT2D eigenvalue weighted by Crippen LogP contribution is 2.37. The molecule has 0 spiro atoms. The second kappa shape index (κ2) is 11.1. The molecule has 1 aromatic carbocycles. The summed E-state index contributed by atoms with van der Waals surface area (Å²) < 4.78 is 32.6. The first-order valence-corrected chi connectivity index (χ1v) is 15.1. The monoisotopic (exact) mass is 581 g/mol. The molecule has 1 aliphatic carbocycles. The summed E-state index contributed by atoms with van der Waals surface area (Å²) in [5.41, 5.74) is -0.968. The third-order valence-corrected chi connectivity index (χ3v) is 9.89. The third kappa shape index (κ3) is 6.77. The zero-order valence-corrected chi connectivity index (χ0v) is 24.3. The van der Waals surface area contributed by atoms with Gasteiger partial charge >= 0.3 is 6.16 Å². The van der Waals surface area contributed by atoms with E-state index in [0.717, 1.165) is 43.5 Å². The molecule has 1 saturated carbocycles. The Morgan fingerprint density at radius 3 is 2.41 bits per heavy atom. The number of carbonyl (C=O) groups is 2. The minimum Gasteiger partial charge on any atom is -0.427 e. The molecule has 0 bridgehead atoms. The number of likely N-dealkylation sites (N-methyl/N-ethyl adjacent to an activating group) is 1. The molecule has 1 aromatic rings. The van der Waals surface area contributed by atoms with Gasteiger partial charge in [-0.3, -0.25) is 4.79 Å². The smallest absolute Gasteiger partial charge is 0.427 e. The summed E-state index contributed by atoms with van der Waals surface area (Å²) in [7, 11) is -4.01. The van der Waals surface area contributed by atoms with E-state index in [4.69, 9.17) is 21.2 Å². The molecule has 39 heavy (non-hydrogen) atoms. The normalized spacial score (nSPS) is 23.6. The molecule has 11 nitrogen and oxygen atoms in total. The van der Waals surface area contributed by atoms with Crippen molar-refractivity contribution in [2.75, 3.05) is 44.2 Å². The number of benzene rings is 1. The highest BCUT2D eigenvalue weighted by molar-refractivity contribution is 7.92. The first kappa shape index (κ1) is 29.4. The Morgan fingerprint density at radius 1 is 1.21 bits per heavy atom. The van der Waals surface area contributed by atoms with Crippen LogP contribution in [0.15, 0.2) is 23.1 Å². The lowest BCUT2D eigenvalue weighted by atomic mass is 10.2. The van der Waals surface area contributed by atoms with Crippen molar-refractivity contribution >= 4 is 39.2 Å². The second-order valence-electron chi connectivity index (χ2n) is 11.3. The Labute approximate surface area is 234 Å². The van der Waals surface area contributed by atoms with Crippen LogP contribution in [0.5, 0.6) is 0 Å². The van der Waals surface area contributed by atoms with Crippen molar-refractivity contribution < 1.29 is 27.6 Å². The maximum absolute atomic E-state index is 13.7. The molecule has 1 N–H and O–H groups in total. The van der Waals surface area contributed by atoms with Crippen LogP contribution in [0.2, 0.25) is 5.02 Å². The largest absolute Gasteiger partial charge is 0.528 e. The molecule has 3 aliphatic rings. The van der Waals surface area contributed by atoms with Gasteiger partial charge in [0.2, 0.25) is 5.91 Å². The van der Waals surface area contributed by atoms with Gasteiger partial charge in [0.05, 0.1) is 27.8 Å². The van der Waals surface area contributed by atoms with Gasteiger partial charge in [-0.25, -0.2) is 13.2 Å². The maximum atomic E-state index is 13.7. The van der Waals surface area contributed by atoms with E-state index in [1.807, 2.05) is 0 Å². The molecule has 1 amide bonds. The molecule has 0 radical (unpaired) electrons.